The molecule has 2 aromatic carbocycles. The van der Waals surface area contributed by atoms with Crippen molar-refractivity contribution in [1.29, 1.82) is 0 Å². The van der Waals surface area contributed by atoms with Crippen LogP contribution < -0.4 is 15.4 Å². The van der Waals surface area contributed by atoms with Crippen LogP contribution in [0.4, 0.5) is 0 Å². The van der Waals surface area contributed by atoms with Crippen molar-refractivity contribution in [2.75, 3.05) is 13.2 Å². The van der Waals surface area contributed by atoms with Gasteiger partial charge in [0.15, 0.2) is 11.5 Å². The molecule has 0 spiro atoms. The number of benzene rings is 2. The average Bonchev–Trinajstić information content (AvgIpc) is 2.53. The van der Waals surface area contributed by atoms with Crippen molar-refractivity contribution in [3.05, 3.63) is 59.7 Å². The monoisotopic (exact) mass is 287 g/mol. The van der Waals surface area contributed by atoms with Crippen LogP contribution in [0.25, 0.3) is 0 Å². The minimum atomic E-state index is 0.442. The zero-order chi connectivity index (χ0) is 14.9. The van der Waals surface area contributed by atoms with E-state index in [1.165, 1.54) is 0 Å². The summed E-state index contributed by atoms with van der Waals surface area (Å²) in [6.45, 7) is 3.49. The molecule has 2 rings (SSSR count). The first-order chi connectivity index (χ1) is 10.3. The molecule has 0 aromatic heterocycles. The lowest BCUT2D eigenvalue weighted by Crippen LogP contribution is -2.07. The number of hydrogen-bond acceptors (Lipinski definition) is 4. The Morgan fingerprint density at radius 2 is 1.76 bits per heavy atom. The standard InChI is InChI=1S/C17H21NO3/c1-2-19-16-10-6-9-15(11-12-21-18)17(16)20-13-14-7-4-3-5-8-14/h3-10H,2,11-13,18H2,1H3. The zero-order valence-electron chi connectivity index (χ0n) is 12.2. The van der Waals surface area contributed by atoms with Crippen molar-refractivity contribution < 1.29 is 14.3 Å². The molecule has 0 aliphatic heterocycles. The van der Waals surface area contributed by atoms with Gasteiger partial charge >= 0.3 is 0 Å². The summed E-state index contributed by atoms with van der Waals surface area (Å²) in [5.41, 5.74) is 2.15. The molecule has 2 aromatic rings. The van der Waals surface area contributed by atoms with Gasteiger partial charge in [0.25, 0.3) is 0 Å². The molecule has 0 fully saturated rings. The van der Waals surface area contributed by atoms with Crippen molar-refractivity contribution in [1.82, 2.24) is 0 Å². The van der Waals surface area contributed by atoms with E-state index in [0.717, 1.165) is 22.6 Å². The predicted octanol–water partition coefficient (Wildman–Crippen LogP) is 3.10. The molecule has 0 radical (unpaired) electrons. The summed E-state index contributed by atoms with van der Waals surface area (Å²) in [5.74, 6) is 6.63. The lowest BCUT2D eigenvalue weighted by molar-refractivity contribution is 0.140. The lowest BCUT2D eigenvalue weighted by Gasteiger charge is -2.16. The third kappa shape index (κ3) is 4.48. The van der Waals surface area contributed by atoms with Crippen molar-refractivity contribution in [2.24, 2.45) is 5.90 Å². The van der Waals surface area contributed by atoms with Gasteiger partial charge in [0.2, 0.25) is 0 Å². The SMILES string of the molecule is CCOc1cccc(CCON)c1OCc1ccccc1. The first-order valence-corrected chi connectivity index (χ1v) is 7.08. The lowest BCUT2D eigenvalue weighted by atomic mass is 10.1. The summed E-state index contributed by atoms with van der Waals surface area (Å²) in [5, 5.41) is 0. The van der Waals surface area contributed by atoms with E-state index in [9.17, 15) is 0 Å². The molecule has 4 heteroatoms. The van der Waals surface area contributed by atoms with E-state index in [-0.39, 0.29) is 0 Å². The first kappa shape index (κ1) is 15.4. The van der Waals surface area contributed by atoms with Crippen LogP contribution in [0.3, 0.4) is 0 Å². The number of rotatable bonds is 8. The molecule has 0 aliphatic rings. The molecule has 2 N–H and O–H groups in total. The Morgan fingerprint density at radius 1 is 0.952 bits per heavy atom. The molecule has 0 unspecified atom stereocenters. The Balaban J connectivity index is 2.17. The first-order valence-electron chi connectivity index (χ1n) is 7.08. The van der Waals surface area contributed by atoms with Crippen LogP contribution in [-0.2, 0) is 17.9 Å². The quantitative estimate of drug-likeness (QED) is 0.758. The number of para-hydroxylation sites is 1. The molecule has 0 amide bonds. The zero-order valence-corrected chi connectivity index (χ0v) is 12.2. The van der Waals surface area contributed by atoms with Crippen LogP contribution in [0.1, 0.15) is 18.1 Å². The van der Waals surface area contributed by atoms with Gasteiger partial charge in [0, 0.05) is 12.0 Å². The van der Waals surface area contributed by atoms with Crippen LogP contribution in [0.15, 0.2) is 48.5 Å². The second-order valence-corrected chi connectivity index (χ2v) is 4.57. The van der Waals surface area contributed by atoms with Gasteiger partial charge in [-0.3, -0.25) is 0 Å². The highest BCUT2D eigenvalue weighted by atomic mass is 16.6. The topological polar surface area (TPSA) is 53.7 Å². The summed E-state index contributed by atoms with van der Waals surface area (Å²) in [6.07, 6.45) is 0.682. The van der Waals surface area contributed by atoms with Gasteiger partial charge in [-0.25, -0.2) is 5.90 Å². The molecule has 0 aliphatic carbocycles. The Labute approximate surface area is 125 Å². The van der Waals surface area contributed by atoms with Crippen molar-refractivity contribution in [2.45, 2.75) is 20.0 Å². The average molecular weight is 287 g/mol. The van der Waals surface area contributed by atoms with E-state index < -0.39 is 0 Å². The fourth-order valence-corrected chi connectivity index (χ4v) is 2.09. The van der Waals surface area contributed by atoms with Crippen LogP contribution in [0, 0.1) is 0 Å². The second-order valence-electron chi connectivity index (χ2n) is 4.57. The Morgan fingerprint density at radius 3 is 2.48 bits per heavy atom. The highest BCUT2D eigenvalue weighted by Gasteiger charge is 2.11. The number of nitrogens with two attached hydrogens (primary N) is 1. The molecule has 0 bridgehead atoms. The molecule has 0 saturated carbocycles. The normalized spacial score (nSPS) is 10.4. The maximum absolute atomic E-state index is 5.98. The minimum Gasteiger partial charge on any atom is -0.490 e. The van der Waals surface area contributed by atoms with Crippen LogP contribution in [0.2, 0.25) is 0 Å². The number of ether oxygens (including phenoxy) is 2. The summed E-state index contributed by atoms with van der Waals surface area (Å²) < 4.78 is 11.6. The highest BCUT2D eigenvalue weighted by Crippen LogP contribution is 2.32. The van der Waals surface area contributed by atoms with Gasteiger partial charge in [0.05, 0.1) is 13.2 Å². The molecule has 0 heterocycles. The van der Waals surface area contributed by atoms with E-state index in [2.05, 4.69) is 4.84 Å². The summed E-state index contributed by atoms with van der Waals surface area (Å²) in [6, 6.07) is 15.9. The molecule has 21 heavy (non-hydrogen) atoms. The minimum absolute atomic E-state index is 0.442. The Hall–Kier alpha value is -2.04. The Kier molecular flexibility index (Phi) is 6.06. The summed E-state index contributed by atoms with van der Waals surface area (Å²) in [7, 11) is 0. The molecule has 0 atom stereocenters. The summed E-state index contributed by atoms with van der Waals surface area (Å²) >= 11 is 0. The maximum atomic E-state index is 5.98. The highest BCUT2D eigenvalue weighted by molar-refractivity contribution is 5.47. The molecule has 4 nitrogen and oxygen atoms in total. The van der Waals surface area contributed by atoms with Gasteiger partial charge in [-0.15, -0.1) is 0 Å². The van der Waals surface area contributed by atoms with E-state index in [4.69, 9.17) is 15.4 Å². The molecular formula is C17H21NO3. The largest absolute Gasteiger partial charge is 0.490 e. The van der Waals surface area contributed by atoms with Gasteiger partial charge in [-0.1, -0.05) is 42.5 Å². The number of hydrogen-bond donors (Lipinski definition) is 1. The van der Waals surface area contributed by atoms with Gasteiger partial charge in [-0.05, 0) is 18.6 Å². The fraction of sp³-hybridized carbons (Fsp3) is 0.294. The molecule has 0 saturated heterocycles. The predicted molar refractivity (Wildman–Crippen MR) is 82.2 cm³/mol. The van der Waals surface area contributed by atoms with E-state index >= 15 is 0 Å². The third-order valence-electron chi connectivity index (χ3n) is 3.08. The van der Waals surface area contributed by atoms with E-state index in [0.29, 0.717) is 26.2 Å². The van der Waals surface area contributed by atoms with Gasteiger partial charge < -0.3 is 14.3 Å². The van der Waals surface area contributed by atoms with Crippen LogP contribution in [-0.4, -0.2) is 13.2 Å². The molecular weight excluding hydrogens is 266 g/mol. The van der Waals surface area contributed by atoms with Gasteiger partial charge in [0.1, 0.15) is 6.61 Å². The van der Waals surface area contributed by atoms with Crippen LogP contribution in [0.5, 0.6) is 11.5 Å². The van der Waals surface area contributed by atoms with Crippen molar-refractivity contribution >= 4 is 0 Å². The van der Waals surface area contributed by atoms with Crippen molar-refractivity contribution in [3.8, 4) is 11.5 Å². The van der Waals surface area contributed by atoms with Gasteiger partial charge in [-0.2, -0.15) is 0 Å². The van der Waals surface area contributed by atoms with E-state index in [1.807, 2.05) is 55.5 Å². The van der Waals surface area contributed by atoms with Crippen molar-refractivity contribution in [3.63, 3.8) is 0 Å². The smallest absolute Gasteiger partial charge is 0.164 e. The maximum Gasteiger partial charge on any atom is 0.164 e. The van der Waals surface area contributed by atoms with E-state index in [1.54, 1.807) is 0 Å². The Bertz CT molecular complexity index is 543. The van der Waals surface area contributed by atoms with Crippen LogP contribution >= 0.6 is 0 Å². The third-order valence-corrected chi connectivity index (χ3v) is 3.08. The summed E-state index contributed by atoms with van der Waals surface area (Å²) in [4.78, 5) is 4.67. The molecule has 112 valence electrons. The second kappa shape index (κ2) is 8.29. The fourth-order valence-electron chi connectivity index (χ4n) is 2.09.